The fourth-order valence-corrected chi connectivity index (χ4v) is 3.98. The Morgan fingerprint density at radius 1 is 1.23 bits per heavy atom. The highest BCUT2D eigenvalue weighted by Crippen LogP contribution is 2.33. The van der Waals surface area contributed by atoms with Gasteiger partial charge in [-0.2, -0.15) is 0 Å². The number of hydrogen-bond acceptors (Lipinski definition) is 4. The molecule has 0 spiro atoms. The van der Waals surface area contributed by atoms with Crippen molar-refractivity contribution in [2.24, 2.45) is 0 Å². The molecule has 3 aliphatic rings. The van der Waals surface area contributed by atoms with Crippen molar-refractivity contribution in [3.63, 3.8) is 0 Å². The number of carbonyl (C=O) groups excluding carboxylic acids is 2. The average molecular weight is 321 g/mol. The average Bonchev–Trinajstić information content (AvgIpc) is 3.20. The molecular weight excluding hydrogens is 304 g/mol. The predicted molar refractivity (Wildman–Crippen MR) is 81.8 cm³/mol. The van der Waals surface area contributed by atoms with E-state index in [0.717, 1.165) is 31.6 Å². The van der Waals surface area contributed by atoms with Crippen molar-refractivity contribution in [3.8, 4) is 0 Å². The Bertz CT molecular complexity index is 616. The number of anilines is 1. The third kappa shape index (κ3) is 1.97. The highest BCUT2D eigenvalue weighted by atomic mass is 35.5. The van der Waals surface area contributed by atoms with Crippen LogP contribution in [0.25, 0.3) is 0 Å². The summed E-state index contributed by atoms with van der Waals surface area (Å²) in [5, 5.41) is 0.600. The third-order valence-electron chi connectivity index (χ3n) is 4.79. The second-order valence-corrected chi connectivity index (χ2v) is 6.45. The molecule has 3 fully saturated rings. The van der Waals surface area contributed by atoms with Crippen molar-refractivity contribution in [1.29, 1.82) is 0 Å². The Morgan fingerprint density at radius 2 is 2.09 bits per heavy atom. The molecule has 3 saturated heterocycles. The van der Waals surface area contributed by atoms with Crippen LogP contribution in [0.3, 0.4) is 0 Å². The minimum Gasteiger partial charge on any atom is -0.353 e. The van der Waals surface area contributed by atoms with Gasteiger partial charge in [0.25, 0.3) is 5.91 Å². The Balaban J connectivity index is 1.53. The van der Waals surface area contributed by atoms with Gasteiger partial charge in [-0.3, -0.25) is 9.69 Å². The van der Waals surface area contributed by atoms with E-state index >= 15 is 0 Å². The molecule has 3 amide bonds. The number of carbonyl (C=O) groups is 2. The Kier molecular flexibility index (Phi) is 3.22. The SMILES string of the molecule is O=C1C2CCCN2C(=O)N1C1CCN(c2ncccc2Cl)C1. The van der Waals surface area contributed by atoms with Crippen molar-refractivity contribution in [2.45, 2.75) is 31.3 Å². The molecular formula is C15H17ClN4O2. The number of aromatic nitrogens is 1. The molecule has 0 saturated carbocycles. The zero-order valence-corrected chi connectivity index (χ0v) is 12.9. The van der Waals surface area contributed by atoms with Crippen molar-refractivity contribution in [3.05, 3.63) is 23.4 Å². The topological polar surface area (TPSA) is 56.8 Å². The van der Waals surface area contributed by atoms with E-state index in [2.05, 4.69) is 9.88 Å². The number of fused-ring (bicyclic) bond motifs is 1. The molecule has 0 bridgehead atoms. The van der Waals surface area contributed by atoms with Crippen molar-refractivity contribution >= 4 is 29.4 Å². The molecule has 6 nitrogen and oxygen atoms in total. The summed E-state index contributed by atoms with van der Waals surface area (Å²) >= 11 is 6.19. The van der Waals surface area contributed by atoms with Crippen LogP contribution in [0, 0.1) is 0 Å². The van der Waals surface area contributed by atoms with Gasteiger partial charge in [-0.15, -0.1) is 0 Å². The Morgan fingerprint density at radius 3 is 2.86 bits per heavy atom. The van der Waals surface area contributed by atoms with Crippen LogP contribution in [-0.4, -0.2) is 58.4 Å². The van der Waals surface area contributed by atoms with Crippen LogP contribution in [0.4, 0.5) is 10.6 Å². The first kappa shape index (κ1) is 13.8. The summed E-state index contributed by atoms with van der Waals surface area (Å²) in [5.74, 6) is 0.702. The maximum absolute atomic E-state index is 12.5. The van der Waals surface area contributed by atoms with Crippen LogP contribution in [0.15, 0.2) is 18.3 Å². The second-order valence-electron chi connectivity index (χ2n) is 6.04. The second kappa shape index (κ2) is 5.12. The highest BCUT2D eigenvalue weighted by molar-refractivity contribution is 6.32. The van der Waals surface area contributed by atoms with Crippen LogP contribution >= 0.6 is 11.6 Å². The minimum atomic E-state index is -0.222. The number of amides is 3. The number of nitrogens with zero attached hydrogens (tertiary/aromatic N) is 4. The molecule has 22 heavy (non-hydrogen) atoms. The molecule has 0 N–H and O–H groups in total. The van der Waals surface area contributed by atoms with Gasteiger partial charge >= 0.3 is 6.03 Å². The van der Waals surface area contributed by atoms with Crippen LogP contribution in [0.2, 0.25) is 5.02 Å². The molecule has 3 aliphatic heterocycles. The lowest BCUT2D eigenvalue weighted by atomic mass is 10.2. The summed E-state index contributed by atoms with van der Waals surface area (Å²) in [6.45, 7) is 2.06. The molecule has 0 aliphatic carbocycles. The molecule has 2 unspecified atom stereocenters. The van der Waals surface area contributed by atoms with E-state index in [0.29, 0.717) is 18.1 Å². The van der Waals surface area contributed by atoms with E-state index in [9.17, 15) is 9.59 Å². The third-order valence-corrected chi connectivity index (χ3v) is 5.09. The van der Waals surface area contributed by atoms with Crippen LogP contribution < -0.4 is 4.90 Å². The van der Waals surface area contributed by atoms with Gasteiger partial charge in [-0.05, 0) is 31.4 Å². The maximum Gasteiger partial charge on any atom is 0.327 e. The molecule has 2 atom stereocenters. The summed E-state index contributed by atoms with van der Waals surface area (Å²) < 4.78 is 0. The van der Waals surface area contributed by atoms with E-state index in [4.69, 9.17) is 11.6 Å². The number of pyridine rings is 1. The first-order chi connectivity index (χ1) is 10.7. The Labute approximate surface area is 133 Å². The van der Waals surface area contributed by atoms with Crippen LogP contribution in [-0.2, 0) is 4.79 Å². The number of halogens is 1. The Hall–Kier alpha value is -1.82. The van der Waals surface area contributed by atoms with Gasteiger partial charge in [-0.1, -0.05) is 11.6 Å². The lowest BCUT2D eigenvalue weighted by molar-refractivity contribution is -0.129. The van der Waals surface area contributed by atoms with Gasteiger partial charge in [0.05, 0.1) is 11.1 Å². The summed E-state index contributed by atoms with van der Waals surface area (Å²) in [6, 6.07) is 3.18. The standard InChI is InChI=1S/C15H17ClN4O2/c16-11-3-1-6-17-13(11)18-8-5-10(9-18)20-14(21)12-4-2-7-19(12)15(20)22/h1,3,6,10,12H,2,4-5,7-9H2. The molecule has 1 aromatic rings. The molecule has 1 aromatic heterocycles. The van der Waals surface area contributed by atoms with E-state index in [1.165, 1.54) is 4.90 Å². The number of rotatable bonds is 2. The normalized spacial score (nSPS) is 28.0. The summed E-state index contributed by atoms with van der Waals surface area (Å²) in [4.78, 5) is 34.5. The van der Waals surface area contributed by atoms with E-state index in [1.807, 2.05) is 0 Å². The molecule has 0 radical (unpaired) electrons. The van der Waals surface area contributed by atoms with Crippen molar-refractivity contribution in [2.75, 3.05) is 24.5 Å². The van der Waals surface area contributed by atoms with Crippen molar-refractivity contribution in [1.82, 2.24) is 14.8 Å². The minimum absolute atomic E-state index is 0.0264. The number of hydrogen-bond donors (Lipinski definition) is 0. The fraction of sp³-hybridized carbons (Fsp3) is 0.533. The van der Waals surface area contributed by atoms with Crippen LogP contribution in [0.1, 0.15) is 19.3 Å². The number of imide groups is 1. The molecule has 0 aromatic carbocycles. The largest absolute Gasteiger partial charge is 0.353 e. The summed E-state index contributed by atoms with van der Waals surface area (Å²) in [6.07, 6.45) is 4.20. The zero-order chi connectivity index (χ0) is 15.3. The first-order valence-electron chi connectivity index (χ1n) is 7.66. The maximum atomic E-state index is 12.5. The highest BCUT2D eigenvalue weighted by Gasteiger charge is 2.50. The number of urea groups is 1. The van der Waals surface area contributed by atoms with E-state index in [-0.39, 0.29) is 24.0 Å². The zero-order valence-electron chi connectivity index (χ0n) is 12.1. The summed E-state index contributed by atoms with van der Waals surface area (Å²) in [7, 11) is 0. The quantitative estimate of drug-likeness (QED) is 0.779. The molecule has 4 heterocycles. The van der Waals surface area contributed by atoms with Gasteiger partial charge < -0.3 is 9.80 Å². The van der Waals surface area contributed by atoms with E-state index < -0.39 is 0 Å². The van der Waals surface area contributed by atoms with Crippen molar-refractivity contribution < 1.29 is 9.59 Å². The smallest absolute Gasteiger partial charge is 0.327 e. The van der Waals surface area contributed by atoms with Gasteiger partial charge in [0.2, 0.25) is 0 Å². The van der Waals surface area contributed by atoms with Gasteiger partial charge in [-0.25, -0.2) is 9.78 Å². The molecule has 7 heteroatoms. The van der Waals surface area contributed by atoms with E-state index in [1.54, 1.807) is 23.2 Å². The lowest BCUT2D eigenvalue weighted by Crippen LogP contribution is -2.43. The van der Waals surface area contributed by atoms with Crippen LogP contribution in [0.5, 0.6) is 0 Å². The molecule has 116 valence electrons. The predicted octanol–water partition coefficient (Wildman–Crippen LogP) is 1.74. The monoisotopic (exact) mass is 320 g/mol. The fourth-order valence-electron chi connectivity index (χ4n) is 3.74. The van der Waals surface area contributed by atoms with Gasteiger partial charge in [0, 0.05) is 25.8 Å². The van der Waals surface area contributed by atoms with Gasteiger partial charge in [0.15, 0.2) is 0 Å². The first-order valence-corrected chi connectivity index (χ1v) is 8.04. The lowest BCUT2D eigenvalue weighted by Gasteiger charge is -2.23. The molecule has 4 rings (SSSR count). The van der Waals surface area contributed by atoms with Gasteiger partial charge in [0.1, 0.15) is 11.9 Å². The summed E-state index contributed by atoms with van der Waals surface area (Å²) in [5.41, 5.74) is 0.